The Morgan fingerprint density at radius 1 is 1.35 bits per heavy atom. The minimum absolute atomic E-state index is 0. The van der Waals surface area contributed by atoms with Crippen molar-refractivity contribution in [3.63, 3.8) is 0 Å². The van der Waals surface area contributed by atoms with Gasteiger partial charge in [0.15, 0.2) is 0 Å². The van der Waals surface area contributed by atoms with E-state index in [1.54, 1.807) is 0 Å². The summed E-state index contributed by atoms with van der Waals surface area (Å²) >= 11 is 3.49. The summed E-state index contributed by atoms with van der Waals surface area (Å²) in [6.45, 7) is 7.53. The van der Waals surface area contributed by atoms with Crippen molar-refractivity contribution < 1.29 is 4.74 Å². The van der Waals surface area contributed by atoms with Gasteiger partial charge in [-0.25, -0.2) is 0 Å². The third kappa shape index (κ3) is 6.19. The molecule has 1 fully saturated rings. The van der Waals surface area contributed by atoms with Crippen LogP contribution in [-0.4, -0.2) is 43.7 Å². The lowest BCUT2D eigenvalue weighted by Gasteiger charge is -2.33. The van der Waals surface area contributed by atoms with E-state index < -0.39 is 0 Å². The van der Waals surface area contributed by atoms with Crippen LogP contribution < -0.4 is 10.1 Å². The molecule has 1 aromatic rings. The highest BCUT2D eigenvalue weighted by Crippen LogP contribution is 2.23. The monoisotopic (exact) mass is 384 g/mol. The van der Waals surface area contributed by atoms with Crippen molar-refractivity contribution in [2.75, 3.05) is 32.8 Å². The highest BCUT2D eigenvalue weighted by Gasteiger charge is 2.16. The Kier molecular flexibility index (Phi) is 10.7. The van der Waals surface area contributed by atoms with Crippen LogP contribution in [0.25, 0.3) is 0 Å². The lowest BCUT2D eigenvalue weighted by molar-refractivity contribution is 0.160. The third-order valence-corrected chi connectivity index (χ3v) is 3.98. The van der Waals surface area contributed by atoms with E-state index >= 15 is 0 Å². The lowest BCUT2D eigenvalue weighted by atomic mass is 10.2. The number of rotatable bonds is 5. The first-order chi connectivity index (χ1) is 8.77. The molecule has 0 spiro atoms. The Morgan fingerprint density at radius 2 is 2.10 bits per heavy atom. The number of benzene rings is 1. The van der Waals surface area contributed by atoms with Gasteiger partial charge in [0.05, 0.1) is 11.1 Å². The first-order valence-electron chi connectivity index (χ1n) is 6.59. The molecule has 1 aromatic carbocycles. The van der Waals surface area contributed by atoms with Crippen LogP contribution >= 0.6 is 40.7 Å². The van der Waals surface area contributed by atoms with Gasteiger partial charge in [-0.1, -0.05) is 12.1 Å². The maximum absolute atomic E-state index is 5.77. The number of ether oxygens (including phenoxy) is 1. The van der Waals surface area contributed by atoms with Crippen molar-refractivity contribution in [2.45, 2.75) is 19.4 Å². The SMILES string of the molecule is C[C@@H]1CNCCN1CCCOc1ccccc1Br.Cl.Cl. The van der Waals surface area contributed by atoms with Crippen LogP contribution in [0, 0.1) is 0 Å². The third-order valence-electron chi connectivity index (χ3n) is 3.32. The van der Waals surface area contributed by atoms with Gasteiger partial charge in [0.2, 0.25) is 0 Å². The van der Waals surface area contributed by atoms with Gasteiger partial charge in [0.25, 0.3) is 0 Å². The number of halogens is 3. The molecule has 0 unspecified atom stereocenters. The zero-order chi connectivity index (χ0) is 12.8. The minimum atomic E-state index is 0. The van der Waals surface area contributed by atoms with Gasteiger partial charge in [0, 0.05) is 32.2 Å². The summed E-state index contributed by atoms with van der Waals surface area (Å²) in [4.78, 5) is 2.53. The van der Waals surface area contributed by atoms with Crippen molar-refractivity contribution >= 4 is 40.7 Å². The Bertz CT molecular complexity index is 382. The maximum Gasteiger partial charge on any atom is 0.133 e. The first-order valence-corrected chi connectivity index (χ1v) is 7.39. The van der Waals surface area contributed by atoms with Crippen molar-refractivity contribution in [1.29, 1.82) is 0 Å². The number of nitrogens with one attached hydrogen (secondary N) is 1. The van der Waals surface area contributed by atoms with E-state index in [0.717, 1.165) is 49.4 Å². The zero-order valence-corrected chi connectivity index (χ0v) is 14.9. The average molecular weight is 386 g/mol. The standard InChI is InChI=1S/C14H21BrN2O.2ClH/c1-12-11-16-7-9-17(12)8-4-10-18-14-6-3-2-5-13(14)15;;/h2-3,5-6,12,16H,4,7-11H2,1H3;2*1H/t12-;;/m1../s1. The van der Waals surface area contributed by atoms with Gasteiger partial charge >= 0.3 is 0 Å². The molecule has 1 N–H and O–H groups in total. The molecule has 3 nitrogen and oxygen atoms in total. The summed E-state index contributed by atoms with van der Waals surface area (Å²) in [5.41, 5.74) is 0. The summed E-state index contributed by atoms with van der Waals surface area (Å²) < 4.78 is 6.80. The predicted molar refractivity (Wildman–Crippen MR) is 92.7 cm³/mol. The Labute approximate surface area is 142 Å². The van der Waals surface area contributed by atoms with Crippen molar-refractivity contribution in [2.24, 2.45) is 0 Å². The second-order valence-electron chi connectivity index (χ2n) is 4.72. The molecule has 0 radical (unpaired) electrons. The van der Waals surface area contributed by atoms with E-state index in [1.807, 2.05) is 24.3 Å². The summed E-state index contributed by atoms with van der Waals surface area (Å²) in [7, 11) is 0. The van der Waals surface area contributed by atoms with E-state index in [-0.39, 0.29) is 24.8 Å². The Morgan fingerprint density at radius 3 is 2.80 bits per heavy atom. The molecule has 1 atom stereocenters. The van der Waals surface area contributed by atoms with Crippen LogP contribution in [-0.2, 0) is 0 Å². The molecule has 1 heterocycles. The van der Waals surface area contributed by atoms with Crippen LogP contribution in [0.4, 0.5) is 0 Å². The maximum atomic E-state index is 5.77. The van der Waals surface area contributed by atoms with E-state index in [4.69, 9.17) is 4.74 Å². The van der Waals surface area contributed by atoms with Crippen molar-refractivity contribution in [3.05, 3.63) is 28.7 Å². The average Bonchev–Trinajstić information content (AvgIpc) is 2.38. The predicted octanol–water partition coefficient (Wildman–Crippen LogP) is 3.36. The Balaban J connectivity index is 0.00000180. The van der Waals surface area contributed by atoms with Crippen LogP contribution in [0.3, 0.4) is 0 Å². The van der Waals surface area contributed by atoms with Gasteiger partial charge in [-0.3, -0.25) is 4.90 Å². The van der Waals surface area contributed by atoms with Crippen molar-refractivity contribution in [1.82, 2.24) is 10.2 Å². The summed E-state index contributed by atoms with van der Waals surface area (Å²) in [5, 5.41) is 3.41. The molecular formula is C14H23BrCl2N2O. The number of nitrogens with zero attached hydrogens (tertiary/aromatic N) is 1. The van der Waals surface area contributed by atoms with E-state index in [9.17, 15) is 0 Å². The molecule has 1 saturated heterocycles. The molecule has 20 heavy (non-hydrogen) atoms. The molecule has 0 aromatic heterocycles. The molecule has 1 aliphatic heterocycles. The molecule has 0 aliphatic carbocycles. The molecule has 116 valence electrons. The largest absolute Gasteiger partial charge is 0.492 e. The highest BCUT2D eigenvalue weighted by atomic mass is 79.9. The van der Waals surface area contributed by atoms with E-state index in [2.05, 4.69) is 33.1 Å². The van der Waals surface area contributed by atoms with Gasteiger partial charge in [-0.2, -0.15) is 0 Å². The second-order valence-corrected chi connectivity index (χ2v) is 5.58. The van der Waals surface area contributed by atoms with Crippen LogP contribution in [0.15, 0.2) is 28.7 Å². The molecule has 0 saturated carbocycles. The summed E-state index contributed by atoms with van der Waals surface area (Å²) in [6, 6.07) is 8.64. The van der Waals surface area contributed by atoms with Crippen LogP contribution in [0.2, 0.25) is 0 Å². The van der Waals surface area contributed by atoms with Gasteiger partial charge < -0.3 is 10.1 Å². The molecule has 6 heteroatoms. The van der Waals surface area contributed by atoms with Gasteiger partial charge in [-0.05, 0) is 41.4 Å². The Hall–Kier alpha value is -0.000000000000000111. The number of piperazine rings is 1. The minimum Gasteiger partial charge on any atom is -0.492 e. The van der Waals surface area contributed by atoms with E-state index in [0.29, 0.717) is 6.04 Å². The molecule has 0 bridgehead atoms. The molecule has 1 aliphatic rings. The molecule has 0 amide bonds. The fourth-order valence-electron chi connectivity index (χ4n) is 2.23. The van der Waals surface area contributed by atoms with Gasteiger partial charge in [0.1, 0.15) is 5.75 Å². The normalized spacial score (nSPS) is 18.8. The molecule has 2 rings (SSSR count). The fourth-order valence-corrected chi connectivity index (χ4v) is 2.63. The topological polar surface area (TPSA) is 24.5 Å². The zero-order valence-electron chi connectivity index (χ0n) is 11.7. The summed E-state index contributed by atoms with van der Waals surface area (Å²) in [6.07, 6.45) is 1.08. The summed E-state index contributed by atoms with van der Waals surface area (Å²) in [5.74, 6) is 0.936. The highest BCUT2D eigenvalue weighted by molar-refractivity contribution is 9.10. The van der Waals surface area contributed by atoms with Crippen LogP contribution in [0.1, 0.15) is 13.3 Å². The second kappa shape index (κ2) is 10.7. The quantitative estimate of drug-likeness (QED) is 0.786. The van der Waals surface area contributed by atoms with E-state index in [1.165, 1.54) is 0 Å². The smallest absolute Gasteiger partial charge is 0.133 e. The first kappa shape index (κ1) is 20.0. The van der Waals surface area contributed by atoms with Crippen LogP contribution in [0.5, 0.6) is 5.75 Å². The molecular weight excluding hydrogens is 363 g/mol. The fraction of sp³-hybridized carbons (Fsp3) is 0.571. The van der Waals surface area contributed by atoms with Gasteiger partial charge in [-0.15, -0.1) is 24.8 Å². The number of para-hydroxylation sites is 1. The number of hydrogen-bond donors (Lipinski definition) is 1. The lowest BCUT2D eigenvalue weighted by Crippen LogP contribution is -2.50. The number of hydrogen-bond acceptors (Lipinski definition) is 3. The van der Waals surface area contributed by atoms with Crippen molar-refractivity contribution in [3.8, 4) is 5.75 Å².